The number of esters is 2. The number of hydrogen-bond donors (Lipinski definition) is 1. The van der Waals surface area contributed by atoms with Crippen molar-refractivity contribution in [2.75, 3.05) is 26.1 Å². The van der Waals surface area contributed by atoms with Gasteiger partial charge in [0.2, 0.25) is 0 Å². The Morgan fingerprint density at radius 1 is 1.07 bits per heavy atom. The molecule has 0 heterocycles. The van der Waals surface area contributed by atoms with Gasteiger partial charge >= 0.3 is 11.9 Å². The maximum Gasteiger partial charge on any atom is 0.328 e. The summed E-state index contributed by atoms with van der Waals surface area (Å²) in [5.41, 5.74) is 2.34. The minimum absolute atomic E-state index is 0.0984. The van der Waals surface area contributed by atoms with Gasteiger partial charge in [0.1, 0.15) is 11.8 Å². The molecule has 0 aliphatic carbocycles. The van der Waals surface area contributed by atoms with E-state index in [1.165, 1.54) is 14.2 Å². The molecule has 0 saturated carbocycles. The number of benzene rings is 1. The Morgan fingerprint density at radius 3 is 2.25 bits per heavy atom. The Labute approximate surface area is 168 Å². The van der Waals surface area contributed by atoms with Gasteiger partial charge in [-0.2, -0.15) is 0 Å². The molecule has 0 radical (unpaired) electrons. The minimum atomic E-state index is -0.517. The standard InChI is InChI=1S/C22H35NO5/c1-14(2)19(20(24)26-7)23-17-12-16(4)18(13-15(17)3)28-11-9-10-22(5,6)21(25)27-8/h12-14,19,23H,9-11H2,1-8H3. The first kappa shape index (κ1) is 23.8. The number of ether oxygens (including phenoxy) is 3. The number of anilines is 1. The van der Waals surface area contributed by atoms with Crippen molar-refractivity contribution in [3.05, 3.63) is 23.3 Å². The summed E-state index contributed by atoms with van der Waals surface area (Å²) in [6.07, 6.45) is 1.44. The molecule has 6 nitrogen and oxygen atoms in total. The van der Waals surface area contributed by atoms with Crippen molar-refractivity contribution in [3.63, 3.8) is 0 Å². The third-order valence-corrected chi connectivity index (χ3v) is 4.90. The molecule has 0 aliphatic rings. The Hall–Kier alpha value is -2.24. The highest BCUT2D eigenvalue weighted by molar-refractivity contribution is 5.80. The zero-order valence-corrected chi connectivity index (χ0v) is 18.5. The lowest BCUT2D eigenvalue weighted by Crippen LogP contribution is -2.35. The molecule has 6 heteroatoms. The first-order valence-electron chi connectivity index (χ1n) is 9.70. The van der Waals surface area contributed by atoms with Crippen molar-refractivity contribution in [2.45, 2.75) is 60.4 Å². The van der Waals surface area contributed by atoms with Gasteiger partial charge in [-0.25, -0.2) is 4.79 Å². The number of carbonyl (C=O) groups is 2. The molecule has 158 valence electrons. The van der Waals surface area contributed by atoms with E-state index in [2.05, 4.69) is 5.32 Å². The van der Waals surface area contributed by atoms with Crippen molar-refractivity contribution in [3.8, 4) is 5.75 Å². The molecule has 1 aromatic carbocycles. The van der Waals surface area contributed by atoms with E-state index in [1.807, 2.05) is 53.7 Å². The van der Waals surface area contributed by atoms with Gasteiger partial charge < -0.3 is 19.5 Å². The number of rotatable bonds is 10. The van der Waals surface area contributed by atoms with Gasteiger partial charge in [0.15, 0.2) is 0 Å². The van der Waals surface area contributed by atoms with E-state index >= 15 is 0 Å². The van der Waals surface area contributed by atoms with E-state index in [4.69, 9.17) is 14.2 Å². The lowest BCUT2D eigenvalue weighted by atomic mass is 9.88. The molecule has 0 aromatic heterocycles. The van der Waals surface area contributed by atoms with Crippen molar-refractivity contribution < 1.29 is 23.8 Å². The summed E-state index contributed by atoms with van der Waals surface area (Å²) in [6.45, 7) is 12.2. The van der Waals surface area contributed by atoms with Gasteiger partial charge in [0.05, 0.1) is 26.2 Å². The van der Waals surface area contributed by atoms with Gasteiger partial charge in [0.25, 0.3) is 0 Å². The Morgan fingerprint density at radius 2 is 1.71 bits per heavy atom. The molecule has 0 amide bonds. The number of methoxy groups -OCH3 is 2. The number of hydrogen-bond acceptors (Lipinski definition) is 6. The first-order chi connectivity index (χ1) is 13.0. The second-order valence-electron chi connectivity index (χ2n) is 8.15. The Bertz CT molecular complexity index is 682. The highest BCUT2D eigenvalue weighted by Crippen LogP contribution is 2.29. The largest absolute Gasteiger partial charge is 0.493 e. The first-order valence-corrected chi connectivity index (χ1v) is 9.70. The van der Waals surface area contributed by atoms with E-state index in [0.717, 1.165) is 29.0 Å². The van der Waals surface area contributed by atoms with Gasteiger partial charge in [0, 0.05) is 5.69 Å². The SMILES string of the molecule is COC(=O)C(Nc1cc(C)c(OCCCC(C)(C)C(=O)OC)cc1C)C(C)C. The van der Waals surface area contributed by atoms with Crippen LogP contribution < -0.4 is 10.1 Å². The smallest absolute Gasteiger partial charge is 0.328 e. The van der Waals surface area contributed by atoms with Crippen LogP contribution in [0.2, 0.25) is 0 Å². The van der Waals surface area contributed by atoms with Gasteiger partial charge in [-0.1, -0.05) is 13.8 Å². The van der Waals surface area contributed by atoms with Crippen LogP contribution in [0.4, 0.5) is 5.69 Å². The molecule has 0 aliphatic heterocycles. The second kappa shape index (κ2) is 10.3. The van der Waals surface area contributed by atoms with Gasteiger partial charge in [-0.15, -0.1) is 0 Å². The van der Waals surface area contributed by atoms with Crippen LogP contribution >= 0.6 is 0 Å². The summed E-state index contributed by atoms with van der Waals surface area (Å²) >= 11 is 0. The lowest BCUT2D eigenvalue weighted by molar-refractivity contribution is -0.151. The van der Waals surface area contributed by atoms with Crippen molar-refractivity contribution in [1.82, 2.24) is 0 Å². The molecule has 1 rings (SSSR count). The van der Waals surface area contributed by atoms with Crippen LogP contribution in [0.5, 0.6) is 5.75 Å². The van der Waals surface area contributed by atoms with Gasteiger partial charge in [-0.3, -0.25) is 4.79 Å². The Balaban J connectivity index is 2.76. The van der Waals surface area contributed by atoms with Crippen LogP contribution in [-0.4, -0.2) is 38.8 Å². The predicted molar refractivity (Wildman–Crippen MR) is 111 cm³/mol. The normalized spacial score (nSPS) is 12.5. The average molecular weight is 394 g/mol. The fraction of sp³-hybridized carbons (Fsp3) is 0.636. The zero-order valence-electron chi connectivity index (χ0n) is 18.5. The second-order valence-corrected chi connectivity index (χ2v) is 8.15. The summed E-state index contributed by atoms with van der Waals surface area (Å²) < 4.78 is 15.7. The summed E-state index contributed by atoms with van der Waals surface area (Å²) in [5, 5.41) is 3.29. The maximum atomic E-state index is 12.0. The number of nitrogens with one attached hydrogen (secondary N) is 1. The third kappa shape index (κ3) is 6.43. The van der Waals surface area contributed by atoms with E-state index in [0.29, 0.717) is 13.0 Å². The van der Waals surface area contributed by atoms with E-state index in [1.54, 1.807) is 0 Å². The van der Waals surface area contributed by atoms with Crippen LogP contribution in [0, 0.1) is 25.2 Å². The third-order valence-electron chi connectivity index (χ3n) is 4.90. The van der Waals surface area contributed by atoms with E-state index < -0.39 is 11.5 Å². The molecule has 1 atom stereocenters. The maximum absolute atomic E-state index is 12.0. The quantitative estimate of drug-likeness (QED) is 0.473. The molecule has 0 fully saturated rings. The van der Waals surface area contributed by atoms with E-state index in [-0.39, 0.29) is 17.9 Å². The molecule has 1 N–H and O–H groups in total. The van der Waals surface area contributed by atoms with Crippen molar-refractivity contribution >= 4 is 17.6 Å². The van der Waals surface area contributed by atoms with Crippen LogP contribution in [0.3, 0.4) is 0 Å². The van der Waals surface area contributed by atoms with Crippen molar-refractivity contribution in [1.29, 1.82) is 0 Å². The van der Waals surface area contributed by atoms with E-state index in [9.17, 15) is 9.59 Å². The molecule has 0 bridgehead atoms. The molecule has 1 aromatic rings. The zero-order chi connectivity index (χ0) is 21.5. The summed E-state index contributed by atoms with van der Waals surface area (Å²) in [4.78, 5) is 23.7. The number of aryl methyl sites for hydroxylation is 2. The highest BCUT2D eigenvalue weighted by Gasteiger charge is 2.28. The molecule has 0 saturated heterocycles. The Kier molecular flexibility index (Phi) is 8.79. The predicted octanol–water partition coefficient (Wildman–Crippen LogP) is 4.27. The number of carbonyl (C=O) groups excluding carboxylic acids is 2. The molecule has 0 spiro atoms. The molecular formula is C22H35NO5. The van der Waals surface area contributed by atoms with Crippen molar-refractivity contribution in [2.24, 2.45) is 11.3 Å². The van der Waals surface area contributed by atoms with Gasteiger partial charge in [-0.05, 0) is 69.7 Å². The molecule has 28 heavy (non-hydrogen) atoms. The summed E-state index contributed by atoms with van der Waals surface area (Å²) in [7, 11) is 2.81. The molecular weight excluding hydrogens is 358 g/mol. The fourth-order valence-electron chi connectivity index (χ4n) is 2.97. The molecule has 1 unspecified atom stereocenters. The van der Waals surface area contributed by atoms with Crippen LogP contribution in [0.25, 0.3) is 0 Å². The highest BCUT2D eigenvalue weighted by atomic mass is 16.5. The van der Waals surface area contributed by atoms with Crippen LogP contribution in [0.1, 0.15) is 51.7 Å². The minimum Gasteiger partial charge on any atom is -0.493 e. The topological polar surface area (TPSA) is 73.9 Å². The van der Waals surface area contributed by atoms with Crippen LogP contribution in [0.15, 0.2) is 12.1 Å². The summed E-state index contributed by atoms with van der Waals surface area (Å²) in [6, 6.07) is 3.55. The monoisotopic (exact) mass is 393 g/mol. The fourth-order valence-corrected chi connectivity index (χ4v) is 2.97. The lowest BCUT2D eigenvalue weighted by Gasteiger charge is -2.23. The summed E-state index contributed by atoms with van der Waals surface area (Å²) in [5.74, 6) is 0.417. The van der Waals surface area contributed by atoms with Crippen LogP contribution in [-0.2, 0) is 19.1 Å². The average Bonchev–Trinajstić information content (AvgIpc) is 2.64.